The fraction of sp³-hybridized carbons (Fsp3) is 0.357. The molecular weight excluding hydrogens is 232 g/mol. The van der Waals surface area contributed by atoms with Crippen molar-refractivity contribution >= 4 is 22.5 Å². The Morgan fingerprint density at radius 3 is 2.88 bits per heavy atom. The van der Waals surface area contributed by atoms with Crippen LogP contribution in [0.3, 0.4) is 0 Å². The number of hydrogen-bond donors (Lipinski definition) is 1. The summed E-state index contributed by atoms with van der Waals surface area (Å²) >= 11 is 5.98. The summed E-state index contributed by atoms with van der Waals surface area (Å²) in [7, 11) is 0. The number of nitrogens with zero attached hydrogens (tertiary/aromatic N) is 1. The van der Waals surface area contributed by atoms with Crippen LogP contribution >= 0.6 is 11.6 Å². The van der Waals surface area contributed by atoms with Crippen LogP contribution in [0, 0.1) is 0 Å². The molecule has 1 aliphatic rings. The van der Waals surface area contributed by atoms with Crippen molar-refractivity contribution in [3.8, 4) is 0 Å². The number of fused-ring (bicyclic) bond motifs is 1. The smallest absolute Gasteiger partial charge is 0.0703 e. The molecule has 1 saturated carbocycles. The lowest BCUT2D eigenvalue weighted by molar-refractivity contribution is 0.609. The summed E-state index contributed by atoms with van der Waals surface area (Å²) < 4.78 is 0. The maximum Gasteiger partial charge on any atom is 0.0703 e. The van der Waals surface area contributed by atoms with Crippen molar-refractivity contribution < 1.29 is 0 Å². The summed E-state index contributed by atoms with van der Waals surface area (Å²) in [6.07, 6.45) is 6.34. The van der Waals surface area contributed by atoms with E-state index in [2.05, 4.69) is 11.1 Å². The van der Waals surface area contributed by atoms with Gasteiger partial charge in [-0.2, -0.15) is 0 Å². The third-order valence-electron chi connectivity index (χ3n) is 3.50. The molecule has 1 fully saturated rings. The van der Waals surface area contributed by atoms with E-state index in [1.54, 1.807) is 0 Å². The van der Waals surface area contributed by atoms with Gasteiger partial charge in [-0.25, -0.2) is 0 Å². The zero-order valence-electron chi connectivity index (χ0n) is 9.62. The molecule has 1 aromatic heterocycles. The predicted octanol–water partition coefficient (Wildman–Crippen LogP) is 3.31. The van der Waals surface area contributed by atoms with Crippen LogP contribution in [-0.2, 0) is 6.42 Å². The molecule has 3 heteroatoms. The second-order valence-electron chi connectivity index (χ2n) is 5.04. The van der Waals surface area contributed by atoms with Gasteiger partial charge in [0, 0.05) is 22.1 Å². The van der Waals surface area contributed by atoms with Gasteiger partial charge in [0.2, 0.25) is 0 Å². The summed E-state index contributed by atoms with van der Waals surface area (Å²) in [5.41, 5.74) is 8.44. The summed E-state index contributed by atoms with van der Waals surface area (Å²) in [6, 6.07) is 7.95. The second kappa shape index (κ2) is 3.97. The van der Waals surface area contributed by atoms with Crippen LogP contribution < -0.4 is 5.73 Å². The highest BCUT2D eigenvalue weighted by Gasteiger charge is 2.37. The number of aryl methyl sites for hydroxylation is 1. The van der Waals surface area contributed by atoms with Crippen molar-refractivity contribution in [1.82, 2.24) is 4.98 Å². The molecule has 17 heavy (non-hydrogen) atoms. The van der Waals surface area contributed by atoms with Crippen LogP contribution in [0.5, 0.6) is 0 Å². The van der Waals surface area contributed by atoms with E-state index in [-0.39, 0.29) is 5.54 Å². The van der Waals surface area contributed by atoms with Gasteiger partial charge in [0.1, 0.15) is 0 Å². The molecule has 0 saturated heterocycles. The molecule has 0 atom stereocenters. The molecule has 2 nitrogen and oxygen atoms in total. The summed E-state index contributed by atoms with van der Waals surface area (Å²) in [6.45, 7) is 0. The summed E-state index contributed by atoms with van der Waals surface area (Å²) in [5, 5.41) is 1.87. The van der Waals surface area contributed by atoms with Crippen LogP contribution in [0.1, 0.15) is 24.8 Å². The summed E-state index contributed by atoms with van der Waals surface area (Å²) in [4.78, 5) is 4.44. The van der Waals surface area contributed by atoms with Crippen molar-refractivity contribution in [2.24, 2.45) is 5.73 Å². The number of benzene rings is 1. The first-order chi connectivity index (χ1) is 8.15. The Kier molecular flexibility index (Phi) is 2.57. The van der Waals surface area contributed by atoms with Crippen LogP contribution in [0.25, 0.3) is 10.9 Å². The molecule has 0 amide bonds. The number of halogens is 1. The van der Waals surface area contributed by atoms with Crippen LogP contribution in [-0.4, -0.2) is 10.5 Å². The maximum atomic E-state index is 6.09. The average Bonchev–Trinajstić information content (AvgIpc) is 3.05. The van der Waals surface area contributed by atoms with E-state index in [9.17, 15) is 0 Å². The van der Waals surface area contributed by atoms with E-state index >= 15 is 0 Å². The van der Waals surface area contributed by atoms with Crippen molar-refractivity contribution in [2.45, 2.75) is 31.2 Å². The molecule has 1 aliphatic carbocycles. The molecular formula is C14H15ClN2. The van der Waals surface area contributed by atoms with Gasteiger partial charge in [-0.1, -0.05) is 11.6 Å². The third kappa shape index (κ3) is 2.43. The molecule has 0 bridgehead atoms. The average molecular weight is 247 g/mol. The monoisotopic (exact) mass is 246 g/mol. The highest BCUT2D eigenvalue weighted by molar-refractivity contribution is 6.31. The maximum absolute atomic E-state index is 6.09. The van der Waals surface area contributed by atoms with E-state index in [0.717, 1.165) is 28.8 Å². The Labute approximate surface area is 106 Å². The van der Waals surface area contributed by atoms with Gasteiger partial charge in [0.15, 0.2) is 0 Å². The second-order valence-corrected chi connectivity index (χ2v) is 5.48. The SMILES string of the molecule is NC1(CCc2cnc3ccc(Cl)cc3c2)CC1. The van der Waals surface area contributed by atoms with E-state index in [4.69, 9.17) is 17.3 Å². The molecule has 2 aromatic rings. The predicted molar refractivity (Wildman–Crippen MR) is 71.2 cm³/mol. The van der Waals surface area contributed by atoms with Crippen molar-refractivity contribution in [1.29, 1.82) is 0 Å². The fourth-order valence-corrected chi connectivity index (χ4v) is 2.27. The highest BCUT2D eigenvalue weighted by Crippen LogP contribution is 2.36. The third-order valence-corrected chi connectivity index (χ3v) is 3.74. The zero-order chi connectivity index (χ0) is 11.9. The molecule has 2 N–H and O–H groups in total. The molecule has 0 spiro atoms. The van der Waals surface area contributed by atoms with Gasteiger partial charge in [0.25, 0.3) is 0 Å². The minimum atomic E-state index is 0.114. The molecule has 1 heterocycles. The first-order valence-electron chi connectivity index (χ1n) is 5.98. The minimum Gasteiger partial charge on any atom is -0.325 e. The lowest BCUT2D eigenvalue weighted by atomic mass is 10.0. The van der Waals surface area contributed by atoms with Gasteiger partial charge < -0.3 is 5.73 Å². The molecule has 1 aromatic carbocycles. The Hall–Kier alpha value is -1.12. The van der Waals surface area contributed by atoms with E-state index < -0.39 is 0 Å². The Morgan fingerprint density at radius 1 is 1.29 bits per heavy atom. The molecule has 0 unspecified atom stereocenters. The Morgan fingerprint density at radius 2 is 2.12 bits per heavy atom. The number of rotatable bonds is 3. The Bertz CT molecular complexity index is 561. The van der Waals surface area contributed by atoms with E-state index in [1.807, 2.05) is 24.4 Å². The zero-order valence-corrected chi connectivity index (χ0v) is 10.4. The van der Waals surface area contributed by atoms with Crippen molar-refractivity contribution in [3.05, 3.63) is 41.0 Å². The Balaban J connectivity index is 1.85. The van der Waals surface area contributed by atoms with Crippen molar-refractivity contribution in [3.63, 3.8) is 0 Å². The lowest BCUT2D eigenvalue weighted by Gasteiger charge is -2.08. The van der Waals surface area contributed by atoms with Crippen LogP contribution in [0.15, 0.2) is 30.5 Å². The molecule has 0 radical (unpaired) electrons. The van der Waals surface area contributed by atoms with E-state index in [0.29, 0.717) is 0 Å². The minimum absolute atomic E-state index is 0.114. The van der Waals surface area contributed by atoms with Gasteiger partial charge in [-0.15, -0.1) is 0 Å². The quantitative estimate of drug-likeness (QED) is 0.903. The molecule has 0 aliphatic heterocycles. The van der Waals surface area contributed by atoms with Crippen LogP contribution in [0.2, 0.25) is 5.02 Å². The first-order valence-corrected chi connectivity index (χ1v) is 6.36. The molecule has 88 valence electrons. The van der Waals surface area contributed by atoms with Crippen molar-refractivity contribution in [2.75, 3.05) is 0 Å². The number of hydrogen-bond acceptors (Lipinski definition) is 2. The normalized spacial score (nSPS) is 17.3. The van der Waals surface area contributed by atoms with Gasteiger partial charge in [-0.3, -0.25) is 4.98 Å². The van der Waals surface area contributed by atoms with Gasteiger partial charge >= 0.3 is 0 Å². The largest absolute Gasteiger partial charge is 0.325 e. The summed E-state index contributed by atoms with van der Waals surface area (Å²) in [5.74, 6) is 0. The standard InChI is InChI=1S/C14H15ClN2/c15-12-1-2-13-11(8-12)7-10(9-17-13)3-4-14(16)5-6-14/h1-2,7-9H,3-6,16H2. The number of aromatic nitrogens is 1. The topological polar surface area (TPSA) is 38.9 Å². The van der Waals surface area contributed by atoms with Crippen LogP contribution in [0.4, 0.5) is 0 Å². The number of pyridine rings is 1. The first kappa shape index (κ1) is 11.0. The highest BCUT2D eigenvalue weighted by atomic mass is 35.5. The fourth-order valence-electron chi connectivity index (χ4n) is 2.09. The lowest BCUT2D eigenvalue weighted by Crippen LogP contribution is -2.22. The number of nitrogens with two attached hydrogens (primary N) is 1. The van der Waals surface area contributed by atoms with Gasteiger partial charge in [-0.05, 0) is 55.5 Å². The van der Waals surface area contributed by atoms with Gasteiger partial charge in [0.05, 0.1) is 5.52 Å². The van der Waals surface area contributed by atoms with E-state index in [1.165, 1.54) is 18.4 Å². The molecule has 3 rings (SSSR count).